The fourth-order valence-corrected chi connectivity index (χ4v) is 2.46. The molecule has 0 fully saturated rings. The Hall–Kier alpha value is -3.29. The molecular formula is C16H13FN6O. The molecule has 0 aliphatic carbocycles. The van der Waals surface area contributed by atoms with Crippen molar-refractivity contribution in [3.63, 3.8) is 0 Å². The number of rotatable bonds is 3. The molecule has 0 spiro atoms. The minimum Gasteiger partial charge on any atom is -0.368 e. The zero-order valence-electron chi connectivity index (χ0n) is 12.8. The van der Waals surface area contributed by atoms with Crippen LogP contribution in [0.15, 0.2) is 40.9 Å². The molecule has 0 saturated carbocycles. The molecule has 4 rings (SSSR count). The molecule has 3 aromatic heterocycles. The van der Waals surface area contributed by atoms with Crippen LogP contribution in [0.1, 0.15) is 17.1 Å². The Kier molecular flexibility index (Phi) is 3.23. The zero-order valence-corrected chi connectivity index (χ0v) is 12.8. The van der Waals surface area contributed by atoms with Crippen molar-refractivity contribution in [3.8, 4) is 11.4 Å². The standard InChI is InChI=1S/C16H13FN6O/c1-9-6-13(22-24-9)12-8-15-19-14(20-16(18)23(15)21-12)7-10-4-2-3-5-11(10)17/h2-6,8H,7H2,1H3,(H2,18,19,20). The van der Waals surface area contributed by atoms with Crippen LogP contribution in [0.25, 0.3) is 17.0 Å². The van der Waals surface area contributed by atoms with Gasteiger partial charge in [0.15, 0.2) is 5.65 Å². The Morgan fingerprint density at radius 1 is 1.17 bits per heavy atom. The lowest BCUT2D eigenvalue weighted by molar-refractivity contribution is 0.399. The number of aromatic nitrogens is 5. The number of nitrogen functional groups attached to an aromatic ring is 1. The Morgan fingerprint density at radius 3 is 2.75 bits per heavy atom. The highest BCUT2D eigenvalue weighted by molar-refractivity contribution is 5.61. The average molecular weight is 324 g/mol. The molecule has 8 heteroatoms. The van der Waals surface area contributed by atoms with E-state index in [-0.39, 0.29) is 18.2 Å². The first kappa shape index (κ1) is 14.3. The van der Waals surface area contributed by atoms with E-state index < -0.39 is 0 Å². The summed E-state index contributed by atoms with van der Waals surface area (Å²) in [6, 6.07) is 10.0. The number of halogens is 1. The van der Waals surface area contributed by atoms with E-state index in [0.29, 0.717) is 34.2 Å². The van der Waals surface area contributed by atoms with E-state index in [1.54, 1.807) is 37.3 Å². The Bertz CT molecular complexity index is 1040. The van der Waals surface area contributed by atoms with E-state index in [1.165, 1.54) is 10.6 Å². The van der Waals surface area contributed by atoms with Gasteiger partial charge in [0.05, 0.1) is 0 Å². The zero-order chi connectivity index (χ0) is 16.7. The molecule has 0 saturated heterocycles. The van der Waals surface area contributed by atoms with Gasteiger partial charge in [-0.2, -0.15) is 14.6 Å². The summed E-state index contributed by atoms with van der Waals surface area (Å²) in [5.74, 6) is 0.985. The normalized spacial score (nSPS) is 11.2. The van der Waals surface area contributed by atoms with Gasteiger partial charge < -0.3 is 10.3 Å². The number of anilines is 1. The average Bonchev–Trinajstić information content (AvgIpc) is 3.16. The van der Waals surface area contributed by atoms with Gasteiger partial charge in [0, 0.05) is 18.6 Å². The molecule has 4 aromatic rings. The summed E-state index contributed by atoms with van der Waals surface area (Å²) < 4.78 is 20.3. The summed E-state index contributed by atoms with van der Waals surface area (Å²) in [6.07, 6.45) is 0.247. The third kappa shape index (κ3) is 2.47. The topological polar surface area (TPSA) is 95.1 Å². The quantitative estimate of drug-likeness (QED) is 0.622. The summed E-state index contributed by atoms with van der Waals surface area (Å²) in [6.45, 7) is 1.80. The van der Waals surface area contributed by atoms with E-state index in [9.17, 15) is 4.39 Å². The Morgan fingerprint density at radius 2 is 2.00 bits per heavy atom. The van der Waals surface area contributed by atoms with Crippen molar-refractivity contribution in [1.29, 1.82) is 0 Å². The molecule has 0 atom stereocenters. The molecule has 0 radical (unpaired) electrons. The molecule has 0 aliphatic heterocycles. The summed E-state index contributed by atoms with van der Waals surface area (Å²) in [7, 11) is 0. The number of nitrogens with zero attached hydrogens (tertiary/aromatic N) is 5. The predicted molar refractivity (Wildman–Crippen MR) is 84.6 cm³/mol. The maximum Gasteiger partial charge on any atom is 0.224 e. The summed E-state index contributed by atoms with van der Waals surface area (Å²) >= 11 is 0. The van der Waals surface area contributed by atoms with Crippen LogP contribution >= 0.6 is 0 Å². The van der Waals surface area contributed by atoms with Gasteiger partial charge in [0.2, 0.25) is 5.95 Å². The van der Waals surface area contributed by atoms with Crippen LogP contribution in [0.5, 0.6) is 0 Å². The van der Waals surface area contributed by atoms with Crippen LogP contribution in [0.2, 0.25) is 0 Å². The van der Waals surface area contributed by atoms with Crippen LogP contribution in [-0.4, -0.2) is 24.7 Å². The van der Waals surface area contributed by atoms with Crippen LogP contribution in [0, 0.1) is 12.7 Å². The lowest BCUT2D eigenvalue weighted by Crippen LogP contribution is -2.08. The van der Waals surface area contributed by atoms with Crippen LogP contribution in [0.4, 0.5) is 10.3 Å². The molecule has 0 bridgehead atoms. The number of hydrogen-bond acceptors (Lipinski definition) is 6. The summed E-state index contributed by atoms with van der Waals surface area (Å²) in [4.78, 5) is 8.62. The second kappa shape index (κ2) is 5.41. The first-order chi connectivity index (χ1) is 11.6. The predicted octanol–water partition coefficient (Wildman–Crippen LogP) is 2.40. The second-order valence-electron chi connectivity index (χ2n) is 5.39. The molecule has 0 amide bonds. The van der Waals surface area contributed by atoms with Gasteiger partial charge >= 0.3 is 0 Å². The van der Waals surface area contributed by atoms with Crippen molar-refractivity contribution in [2.75, 3.05) is 5.73 Å². The van der Waals surface area contributed by atoms with Crippen LogP contribution in [-0.2, 0) is 6.42 Å². The number of benzene rings is 1. The third-order valence-corrected chi connectivity index (χ3v) is 3.59. The van der Waals surface area contributed by atoms with Crippen molar-refractivity contribution in [3.05, 3.63) is 59.4 Å². The Balaban J connectivity index is 1.75. The highest BCUT2D eigenvalue weighted by Gasteiger charge is 2.14. The molecule has 24 heavy (non-hydrogen) atoms. The van der Waals surface area contributed by atoms with Gasteiger partial charge in [-0.05, 0) is 18.6 Å². The summed E-state index contributed by atoms with van der Waals surface area (Å²) in [5, 5.41) is 8.25. The molecule has 120 valence electrons. The van der Waals surface area contributed by atoms with E-state index in [2.05, 4.69) is 20.2 Å². The minimum atomic E-state index is -0.299. The monoisotopic (exact) mass is 324 g/mol. The lowest BCUT2D eigenvalue weighted by Gasteiger charge is -2.04. The van der Waals surface area contributed by atoms with E-state index >= 15 is 0 Å². The van der Waals surface area contributed by atoms with Crippen molar-refractivity contribution in [2.24, 2.45) is 0 Å². The number of fused-ring (bicyclic) bond motifs is 1. The van der Waals surface area contributed by atoms with Crippen molar-refractivity contribution >= 4 is 11.6 Å². The van der Waals surface area contributed by atoms with Gasteiger partial charge in [-0.1, -0.05) is 23.4 Å². The van der Waals surface area contributed by atoms with Gasteiger partial charge in [-0.25, -0.2) is 9.37 Å². The largest absolute Gasteiger partial charge is 0.368 e. The highest BCUT2D eigenvalue weighted by atomic mass is 19.1. The van der Waals surface area contributed by atoms with Crippen molar-refractivity contribution < 1.29 is 8.91 Å². The van der Waals surface area contributed by atoms with E-state index in [4.69, 9.17) is 10.3 Å². The van der Waals surface area contributed by atoms with Gasteiger partial charge in [-0.3, -0.25) is 0 Å². The fraction of sp³-hybridized carbons (Fsp3) is 0.125. The second-order valence-corrected chi connectivity index (χ2v) is 5.39. The van der Waals surface area contributed by atoms with Crippen LogP contribution in [0.3, 0.4) is 0 Å². The van der Waals surface area contributed by atoms with Gasteiger partial charge in [-0.15, -0.1) is 0 Å². The molecule has 7 nitrogen and oxygen atoms in total. The first-order valence-electron chi connectivity index (χ1n) is 7.29. The van der Waals surface area contributed by atoms with E-state index in [1.807, 2.05) is 0 Å². The van der Waals surface area contributed by atoms with Gasteiger partial charge in [0.1, 0.15) is 28.8 Å². The fourth-order valence-electron chi connectivity index (χ4n) is 2.46. The number of nitrogens with two attached hydrogens (primary N) is 1. The highest BCUT2D eigenvalue weighted by Crippen LogP contribution is 2.20. The van der Waals surface area contributed by atoms with E-state index in [0.717, 1.165) is 0 Å². The molecule has 2 N–H and O–H groups in total. The molecule has 0 aliphatic rings. The van der Waals surface area contributed by atoms with Crippen LogP contribution < -0.4 is 5.73 Å². The molecule has 0 unspecified atom stereocenters. The Labute approximate surface area is 135 Å². The molecule has 1 aromatic carbocycles. The number of hydrogen-bond donors (Lipinski definition) is 1. The summed E-state index contributed by atoms with van der Waals surface area (Å²) in [5.41, 5.74) is 8.15. The van der Waals surface area contributed by atoms with Gasteiger partial charge in [0.25, 0.3) is 0 Å². The first-order valence-corrected chi connectivity index (χ1v) is 7.29. The van der Waals surface area contributed by atoms with Crippen molar-refractivity contribution in [1.82, 2.24) is 24.7 Å². The SMILES string of the molecule is Cc1cc(-c2cc3nc(Cc4ccccc4F)nc(N)n3n2)no1. The maximum atomic E-state index is 13.8. The number of aryl methyl sites for hydroxylation is 1. The minimum absolute atomic E-state index is 0.179. The smallest absolute Gasteiger partial charge is 0.224 e. The maximum absolute atomic E-state index is 13.8. The lowest BCUT2D eigenvalue weighted by atomic mass is 10.1. The molecular weight excluding hydrogens is 311 g/mol. The molecule has 3 heterocycles. The van der Waals surface area contributed by atoms with Crippen molar-refractivity contribution in [2.45, 2.75) is 13.3 Å². The third-order valence-electron chi connectivity index (χ3n) is 3.59.